The number of aromatic nitrogens is 2. The molecule has 0 amide bonds. The van der Waals surface area contributed by atoms with Gasteiger partial charge in [0.05, 0.1) is 19.8 Å². The van der Waals surface area contributed by atoms with Gasteiger partial charge < -0.3 is 19.9 Å². The van der Waals surface area contributed by atoms with Gasteiger partial charge in [-0.3, -0.25) is 4.90 Å². The lowest BCUT2D eigenvalue weighted by Crippen LogP contribution is -2.37. The number of rotatable bonds is 6. The van der Waals surface area contributed by atoms with Crippen LogP contribution >= 0.6 is 0 Å². The summed E-state index contributed by atoms with van der Waals surface area (Å²) in [4.78, 5) is 9.92. The monoisotopic (exact) mass is 397 g/mol. The van der Waals surface area contributed by atoms with Crippen LogP contribution in [0, 0.1) is 5.82 Å². The van der Waals surface area contributed by atoms with Gasteiger partial charge in [0.1, 0.15) is 17.2 Å². The van der Waals surface area contributed by atoms with Crippen LogP contribution in [0.4, 0.5) is 4.39 Å². The number of hydrogen-bond donors (Lipinski definition) is 3. The minimum absolute atomic E-state index is 0.245. The van der Waals surface area contributed by atoms with Crippen LogP contribution in [-0.2, 0) is 0 Å². The first kappa shape index (κ1) is 19.6. The molecule has 3 N–H and O–H groups in total. The van der Waals surface area contributed by atoms with Crippen molar-refractivity contribution in [2.24, 2.45) is 0 Å². The Hall–Kier alpha value is -2.74. The zero-order valence-corrected chi connectivity index (χ0v) is 16.2. The summed E-state index contributed by atoms with van der Waals surface area (Å²) in [5.74, 6) is 0.275. The van der Waals surface area contributed by atoms with E-state index in [1.165, 1.54) is 12.1 Å². The van der Waals surface area contributed by atoms with Gasteiger partial charge in [-0.05, 0) is 47.9 Å². The molecule has 1 aromatic carbocycles. The predicted molar refractivity (Wildman–Crippen MR) is 110 cm³/mol. The molecule has 1 aliphatic rings. The number of fused-ring (bicyclic) bond motifs is 1. The number of aliphatic hydroxyl groups is 2. The molecule has 0 aliphatic carbocycles. The Balaban J connectivity index is 1.70. The van der Waals surface area contributed by atoms with Crippen LogP contribution in [0.15, 0.2) is 42.6 Å². The molecular formula is C22H24FN3O3. The molecule has 3 heterocycles. The lowest BCUT2D eigenvalue weighted by Gasteiger charge is -2.28. The lowest BCUT2D eigenvalue weighted by atomic mass is 10.0. The van der Waals surface area contributed by atoms with Gasteiger partial charge >= 0.3 is 0 Å². The van der Waals surface area contributed by atoms with Gasteiger partial charge in [-0.1, -0.05) is 6.08 Å². The third-order valence-electron chi connectivity index (χ3n) is 5.24. The molecule has 4 rings (SSSR count). The Morgan fingerprint density at radius 2 is 2.14 bits per heavy atom. The maximum atomic E-state index is 13.9. The quantitative estimate of drug-likeness (QED) is 0.596. The number of halogens is 1. The molecule has 0 saturated heterocycles. The highest BCUT2D eigenvalue weighted by atomic mass is 19.1. The van der Waals surface area contributed by atoms with Crippen molar-refractivity contribution in [3.05, 3.63) is 54.1 Å². The van der Waals surface area contributed by atoms with Crippen molar-refractivity contribution in [1.82, 2.24) is 14.9 Å². The largest absolute Gasteiger partial charge is 0.496 e. The standard InChI is InChI=1S/C22H24FN3O3/c1-29-21-5-4-15(23)9-18(21)17-6-7-24-22-19(17)10-20(25-22)14-3-2-8-26(11-14)12-16(28)13-27/h3-7,9-10,16,27-28H,2,8,11-13H2,1H3,(H,24,25). The van der Waals surface area contributed by atoms with E-state index in [2.05, 4.69) is 20.9 Å². The summed E-state index contributed by atoms with van der Waals surface area (Å²) >= 11 is 0. The summed E-state index contributed by atoms with van der Waals surface area (Å²) in [5.41, 5.74) is 4.29. The fraction of sp³-hybridized carbons (Fsp3) is 0.318. The molecule has 2 aromatic heterocycles. The van der Waals surface area contributed by atoms with Crippen LogP contribution < -0.4 is 4.74 Å². The van der Waals surface area contributed by atoms with Crippen molar-refractivity contribution in [2.75, 3.05) is 33.4 Å². The Morgan fingerprint density at radius 3 is 2.93 bits per heavy atom. The minimum Gasteiger partial charge on any atom is -0.496 e. The van der Waals surface area contributed by atoms with Crippen molar-refractivity contribution in [2.45, 2.75) is 12.5 Å². The van der Waals surface area contributed by atoms with Crippen LogP contribution in [0.1, 0.15) is 12.1 Å². The van der Waals surface area contributed by atoms with Crippen LogP contribution in [0.5, 0.6) is 5.75 Å². The SMILES string of the molecule is COc1ccc(F)cc1-c1ccnc2[nH]c(C3=CCCN(CC(O)CO)C3)cc12. The third-order valence-corrected chi connectivity index (χ3v) is 5.24. The first-order valence-electron chi connectivity index (χ1n) is 9.61. The zero-order valence-electron chi connectivity index (χ0n) is 16.2. The summed E-state index contributed by atoms with van der Waals surface area (Å²) in [6.07, 6.45) is 3.99. The molecule has 29 heavy (non-hydrogen) atoms. The molecule has 0 fully saturated rings. The molecule has 3 aromatic rings. The van der Waals surface area contributed by atoms with E-state index < -0.39 is 6.10 Å². The number of aliphatic hydroxyl groups excluding tert-OH is 2. The van der Waals surface area contributed by atoms with Crippen LogP contribution in [-0.4, -0.2) is 64.5 Å². The molecule has 6 nitrogen and oxygen atoms in total. The Morgan fingerprint density at radius 1 is 1.28 bits per heavy atom. The molecule has 7 heteroatoms. The number of nitrogens with one attached hydrogen (secondary N) is 1. The van der Waals surface area contributed by atoms with E-state index >= 15 is 0 Å². The fourth-order valence-electron chi connectivity index (χ4n) is 3.84. The number of hydrogen-bond acceptors (Lipinski definition) is 5. The third kappa shape index (κ3) is 4.03. The van der Waals surface area contributed by atoms with Crippen LogP contribution in [0.2, 0.25) is 0 Å². The van der Waals surface area contributed by atoms with E-state index in [0.29, 0.717) is 24.4 Å². The number of aromatic amines is 1. The van der Waals surface area contributed by atoms with Gasteiger partial charge in [0.25, 0.3) is 0 Å². The van der Waals surface area contributed by atoms with E-state index in [4.69, 9.17) is 9.84 Å². The molecule has 0 saturated carbocycles. The molecule has 1 atom stereocenters. The minimum atomic E-state index is -0.745. The topological polar surface area (TPSA) is 81.6 Å². The summed E-state index contributed by atoms with van der Waals surface area (Å²) in [5, 5.41) is 19.7. The Kier molecular flexibility index (Phi) is 5.62. The zero-order chi connectivity index (χ0) is 20.4. The van der Waals surface area contributed by atoms with Crippen LogP contribution in [0.25, 0.3) is 27.7 Å². The molecule has 152 valence electrons. The number of pyridine rings is 1. The van der Waals surface area contributed by atoms with Crippen molar-refractivity contribution in [3.63, 3.8) is 0 Å². The Labute approximate surface area is 168 Å². The van der Waals surface area contributed by atoms with E-state index in [0.717, 1.165) is 40.8 Å². The fourth-order valence-corrected chi connectivity index (χ4v) is 3.84. The normalized spacial score (nSPS) is 16.1. The van der Waals surface area contributed by atoms with Crippen molar-refractivity contribution in [1.29, 1.82) is 0 Å². The first-order valence-corrected chi connectivity index (χ1v) is 9.61. The van der Waals surface area contributed by atoms with Gasteiger partial charge in [-0.25, -0.2) is 9.37 Å². The van der Waals surface area contributed by atoms with Gasteiger partial charge in [-0.2, -0.15) is 0 Å². The van der Waals surface area contributed by atoms with Crippen molar-refractivity contribution >= 4 is 16.6 Å². The molecule has 1 unspecified atom stereocenters. The second kappa shape index (κ2) is 8.32. The summed E-state index contributed by atoms with van der Waals surface area (Å²) < 4.78 is 19.3. The van der Waals surface area contributed by atoms with E-state index in [9.17, 15) is 9.50 Å². The summed E-state index contributed by atoms with van der Waals surface area (Å²) in [7, 11) is 1.57. The van der Waals surface area contributed by atoms with E-state index in [1.807, 2.05) is 12.1 Å². The molecule has 1 aliphatic heterocycles. The average molecular weight is 397 g/mol. The molecule has 0 radical (unpaired) electrons. The lowest BCUT2D eigenvalue weighted by molar-refractivity contribution is 0.0627. The van der Waals surface area contributed by atoms with Gasteiger partial charge in [0, 0.05) is 42.5 Å². The first-order chi connectivity index (χ1) is 14.1. The second-order valence-corrected chi connectivity index (χ2v) is 7.24. The van der Waals surface area contributed by atoms with Gasteiger partial charge in [0.2, 0.25) is 0 Å². The molecular weight excluding hydrogens is 373 g/mol. The van der Waals surface area contributed by atoms with Crippen LogP contribution in [0.3, 0.4) is 0 Å². The van der Waals surface area contributed by atoms with Gasteiger partial charge in [-0.15, -0.1) is 0 Å². The molecule has 0 spiro atoms. The highest BCUT2D eigenvalue weighted by molar-refractivity contribution is 5.96. The average Bonchev–Trinajstić information content (AvgIpc) is 3.18. The maximum absolute atomic E-state index is 13.9. The maximum Gasteiger partial charge on any atom is 0.138 e. The van der Waals surface area contributed by atoms with Crippen molar-refractivity contribution in [3.8, 4) is 16.9 Å². The van der Waals surface area contributed by atoms with Crippen molar-refractivity contribution < 1.29 is 19.3 Å². The number of nitrogens with zero attached hydrogens (tertiary/aromatic N) is 2. The smallest absolute Gasteiger partial charge is 0.138 e. The highest BCUT2D eigenvalue weighted by Crippen LogP contribution is 2.36. The number of H-pyrrole nitrogens is 1. The number of methoxy groups -OCH3 is 1. The number of benzene rings is 1. The summed E-state index contributed by atoms with van der Waals surface area (Å²) in [6.45, 7) is 1.69. The molecule has 0 bridgehead atoms. The second-order valence-electron chi connectivity index (χ2n) is 7.24. The highest BCUT2D eigenvalue weighted by Gasteiger charge is 2.19. The summed E-state index contributed by atoms with van der Waals surface area (Å²) in [6, 6.07) is 8.36. The van der Waals surface area contributed by atoms with E-state index in [-0.39, 0.29) is 12.4 Å². The number of β-amino-alcohol motifs (C(OH)–C–C–N with tert-alkyl or cyclic N) is 1. The van der Waals surface area contributed by atoms with E-state index in [1.54, 1.807) is 19.4 Å². The van der Waals surface area contributed by atoms with Gasteiger partial charge in [0.15, 0.2) is 0 Å². The predicted octanol–water partition coefficient (Wildman–Crippen LogP) is 2.82. The number of ether oxygens (including phenoxy) is 1. The Bertz CT molecular complexity index is 1050.